The van der Waals surface area contributed by atoms with Crippen LogP contribution < -0.4 is 9.64 Å². The Balaban J connectivity index is 1.28. The molecule has 0 aromatic carbocycles. The molecule has 4 rings (SSSR count). The number of hydrogen-bond acceptors (Lipinski definition) is 6. The summed E-state index contributed by atoms with van der Waals surface area (Å²) in [4.78, 5) is 6.33. The first kappa shape index (κ1) is 15.1. The first-order chi connectivity index (χ1) is 11.3. The average molecular weight is 351 g/mol. The van der Waals surface area contributed by atoms with Crippen molar-refractivity contribution in [2.24, 2.45) is 5.92 Å². The van der Waals surface area contributed by atoms with Crippen molar-refractivity contribution >= 4 is 28.1 Å². The van der Waals surface area contributed by atoms with Crippen molar-refractivity contribution < 1.29 is 4.74 Å². The number of rotatable bonds is 5. The highest BCUT2D eigenvalue weighted by atomic mass is 35.5. The summed E-state index contributed by atoms with van der Waals surface area (Å²) in [5, 5.41) is 11.6. The zero-order chi connectivity index (χ0) is 15.6. The molecule has 0 bridgehead atoms. The van der Waals surface area contributed by atoms with E-state index in [-0.39, 0.29) is 0 Å². The topological polar surface area (TPSA) is 51.1 Å². The normalized spacial score (nSPS) is 19.1. The Morgan fingerprint density at radius 1 is 1.22 bits per heavy atom. The van der Waals surface area contributed by atoms with E-state index >= 15 is 0 Å². The van der Waals surface area contributed by atoms with Crippen molar-refractivity contribution in [1.82, 2.24) is 15.2 Å². The molecular weight excluding hydrogens is 332 g/mol. The molecule has 1 saturated heterocycles. The Kier molecular flexibility index (Phi) is 4.35. The highest BCUT2D eigenvalue weighted by Gasteiger charge is 2.29. The maximum atomic E-state index is 6.07. The maximum Gasteiger partial charge on any atom is 0.208 e. The fourth-order valence-corrected chi connectivity index (χ4v) is 4.07. The predicted molar refractivity (Wildman–Crippen MR) is 91.6 cm³/mol. The molecule has 0 radical (unpaired) electrons. The molecule has 0 unspecified atom stereocenters. The van der Waals surface area contributed by atoms with E-state index in [0.717, 1.165) is 36.8 Å². The van der Waals surface area contributed by atoms with E-state index < -0.39 is 0 Å². The summed E-state index contributed by atoms with van der Waals surface area (Å²) in [5.74, 6) is 1.98. The van der Waals surface area contributed by atoms with Gasteiger partial charge in [0.1, 0.15) is 15.8 Å². The number of halogens is 1. The minimum atomic E-state index is 0.561. The summed E-state index contributed by atoms with van der Waals surface area (Å²) in [7, 11) is 0. The third-order valence-corrected chi connectivity index (χ3v) is 5.88. The van der Waals surface area contributed by atoms with E-state index in [9.17, 15) is 0 Å². The van der Waals surface area contributed by atoms with Crippen LogP contribution in [0.2, 0.25) is 5.02 Å². The molecule has 3 heterocycles. The molecule has 1 aliphatic carbocycles. The molecule has 7 heteroatoms. The lowest BCUT2D eigenvalue weighted by Crippen LogP contribution is -2.35. The summed E-state index contributed by atoms with van der Waals surface area (Å²) < 4.78 is 5.85. The maximum absolute atomic E-state index is 6.07. The van der Waals surface area contributed by atoms with Gasteiger partial charge in [-0.25, -0.2) is 0 Å². The van der Waals surface area contributed by atoms with Gasteiger partial charge < -0.3 is 9.64 Å². The second-order valence-electron chi connectivity index (χ2n) is 6.24. The number of piperidine rings is 1. The van der Waals surface area contributed by atoms with E-state index in [0.29, 0.717) is 23.5 Å². The van der Waals surface area contributed by atoms with Crippen LogP contribution in [-0.4, -0.2) is 34.9 Å². The molecule has 0 atom stereocenters. The van der Waals surface area contributed by atoms with Crippen LogP contribution in [0, 0.1) is 5.92 Å². The molecule has 5 nitrogen and oxygen atoms in total. The summed E-state index contributed by atoms with van der Waals surface area (Å²) in [6, 6.07) is 1.82. The van der Waals surface area contributed by atoms with Gasteiger partial charge in [0.25, 0.3) is 0 Å². The number of pyridine rings is 1. The molecule has 2 aliphatic rings. The van der Waals surface area contributed by atoms with Gasteiger partial charge in [0.15, 0.2) is 0 Å². The zero-order valence-corrected chi connectivity index (χ0v) is 14.4. The van der Waals surface area contributed by atoms with Crippen molar-refractivity contribution in [3.63, 3.8) is 0 Å². The van der Waals surface area contributed by atoms with Gasteiger partial charge in [0.05, 0.1) is 6.61 Å². The second kappa shape index (κ2) is 6.61. The molecule has 1 aliphatic heterocycles. The minimum absolute atomic E-state index is 0.561. The molecule has 23 heavy (non-hydrogen) atoms. The Morgan fingerprint density at radius 2 is 2.04 bits per heavy atom. The van der Waals surface area contributed by atoms with Gasteiger partial charge >= 0.3 is 0 Å². The smallest absolute Gasteiger partial charge is 0.208 e. The van der Waals surface area contributed by atoms with Gasteiger partial charge in [-0.2, -0.15) is 0 Å². The standard InChI is InChI=1S/C16H19ClN4OS/c17-13-9-18-6-3-14(13)22-10-11-4-7-21(8-5-11)16-20-19-15(23-16)12-1-2-12/h3,6,9,11-12H,1-2,4-5,7-8,10H2. The molecular formula is C16H19ClN4OS. The number of anilines is 1. The summed E-state index contributed by atoms with van der Waals surface area (Å²) in [6.07, 6.45) is 8.11. The molecule has 0 N–H and O–H groups in total. The van der Waals surface area contributed by atoms with Crippen molar-refractivity contribution in [3.8, 4) is 5.75 Å². The van der Waals surface area contributed by atoms with Gasteiger partial charge in [-0.3, -0.25) is 4.98 Å². The fourth-order valence-electron chi connectivity index (χ4n) is 2.83. The summed E-state index contributed by atoms with van der Waals surface area (Å²) in [5.41, 5.74) is 0. The van der Waals surface area contributed by atoms with Gasteiger partial charge in [-0.05, 0) is 31.6 Å². The first-order valence-electron chi connectivity index (χ1n) is 8.10. The molecule has 0 amide bonds. The Hall–Kier alpha value is -1.40. The Bertz CT molecular complexity index is 668. The quantitative estimate of drug-likeness (QED) is 0.821. The SMILES string of the molecule is Clc1cnccc1OCC1CCN(c2nnc(C3CC3)s2)CC1. The van der Waals surface area contributed by atoms with Crippen molar-refractivity contribution in [2.75, 3.05) is 24.6 Å². The molecule has 0 spiro atoms. The molecule has 1 saturated carbocycles. The number of ether oxygens (including phenoxy) is 1. The van der Waals surface area contributed by atoms with E-state index in [1.165, 1.54) is 17.8 Å². The summed E-state index contributed by atoms with van der Waals surface area (Å²) >= 11 is 7.84. The van der Waals surface area contributed by atoms with Crippen LogP contribution in [0.15, 0.2) is 18.5 Å². The van der Waals surface area contributed by atoms with Crippen LogP contribution in [0.1, 0.15) is 36.6 Å². The van der Waals surface area contributed by atoms with E-state index in [2.05, 4.69) is 20.1 Å². The minimum Gasteiger partial charge on any atom is -0.492 e. The van der Waals surface area contributed by atoms with Crippen molar-refractivity contribution in [2.45, 2.75) is 31.6 Å². The number of aromatic nitrogens is 3. The predicted octanol–water partition coefficient (Wildman–Crippen LogP) is 3.76. The van der Waals surface area contributed by atoms with Crippen LogP contribution in [-0.2, 0) is 0 Å². The van der Waals surface area contributed by atoms with Crippen LogP contribution in [0.3, 0.4) is 0 Å². The van der Waals surface area contributed by atoms with Crippen LogP contribution in [0.4, 0.5) is 5.13 Å². The van der Waals surface area contributed by atoms with Crippen LogP contribution >= 0.6 is 22.9 Å². The third kappa shape index (κ3) is 3.58. The van der Waals surface area contributed by atoms with Gasteiger partial charge in [-0.1, -0.05) is 22.9 Å². The fraction of sp³-hybridized carbons (Fsp3) is 0.562. The zero-order valence-electron chi connectivity index (χ0n) is 12.8. The van der Waals surface area contributed by atoms with Crippen molar-refractivity contribution in [3.05, 3.63) is 28.5 Å². The molecule has 122 valence electrons. The van der Waals surface area contributed by atoms with E-state index in [4.69, 9.17) is 16.3 Å². The van der Waals surface area contributed by atoms with Gasteiger partial charge in [0, 0.05) is 37.5 Å². The number of hydrogen-bond donors (Lipinski definition) is 0. The van der Waals surface area contributed by atoms with Gasteiger partial charge in [-0.15, -0.1) is 10.2 Å². The third-order valence-electron chi connectivity index (χ3n) is 4.45. The largest absolute Gasteiger partial charge is 0.492 e. The average Bonchev–Trinajstić information content (AvgIpc) is 3.32. The number of nitrogens with zero attached hydrogens (tertiary/aromatic N) is 4. The highest BCUT2D eigenvalue weighted by molar-refractivity contribution is 7.15. The Labute approximate surface area is 144 Å². The Morgan fingerprint density at radius 3 is 2.78 bits per heavy atom. The molecule has 2 aromatic heterocycles. The first-order valence-corrected chi connectivity index (χ1v) is 9.29. The molecule has 2 aromatic rings. The second-order valence-corrected chi connectivity index (χ2v) is 7.64. The highest BCUT2D eigenvalue weighted by Crippen LogP contribution is 2.42. The molecule has 2 fully saturated rings. The monoisotopic (exact) mass is 350 g/mol. The van der Waals surface area contributed by atoms with Crippen LogP contribution in [0.25, 0.3) is 0 Å². The van der Waals surface area contributed by atoms with Crippen LogP contribution in [0.5, 0.6) is 5.75 Å². The lowest BCUT2D eigenvalue weighted by molar-refractivity contribution is 0.223. The lowest BCUT2D eigenvalue weighted by atomic mass is 9.98. The van der Waals surface area contributed by atoms with Crippen molar-refractivity contribution in [1.29, 1.82) is 0 Å². The summed E-state index contributed by atoms with van der Waals surface area (Å²) in [6.45, 7) is 2.76. The van der Waals surface area contributed by atoms with E-state index in [1.807, 2.05) is 6.07 Å². The van der Waals surface area contributed by atoms with Gasteiger partial charge in [0.2, 0.25) is 5.13 Å². The van der Waals surface area contributed by atoms with E-state index in [1.54, 1.807) is 23.7 Å². The lowest BCUT2D eigenvalue weighted by Gasteiger charge is -2.31.